The molecule has 7 heteroatoms. The van der Waals surface area contributed by atoms with Gasteiger partial charge in [0.05, 0.1) is 22.9 Å². The predicted octanol–water partition coefficient (Wildman–Crippen LogP) is 5.16. The van der Waals surface area contributed by atoms with Gasteiger partial charge in [-0.05, 0) is 68.1 Å². The Hall–Kier alpha value is -2.15. The second-order valence-electron chi connectivity index (χ2n) is 7.31. The minimum absolute atomic E-state index is 0.0318. The maximum Gasteiger partial charge on any atom is 0.266 e. The van der Waals surface area contributed by atoms with Gasteiger partial charge in [0.15, 0.2) is 11.7 Å². The van der Waals surface area contributed by atoms with E-state index < -0.39 is 0 Å². The van der Waals surface area contributed by atoms with Gasteiger partial charge in [0.2, 0.25) is 0 Å². The molecule has 0 spiro atoms. The molecule has 1 aliphatic rings. The number of amides is 1. The predicted molar refractivity (Wildman–Crippen MR) is 117 cm³/mol. The topological polar surface area (TPSA) is 51.7 Å². The van der Waals surface area contributed by atoms with Crippen molar-refractivity contribution in [1.29, 1.82) is 0 Å². The lowest BCUT2D eigenvalue weighted by molar-refractivity contribution is -0.120. The number of aryl methyl sites for hydroxylation is 2. The molecule has 1 unspecified atom stereocenters. The fourth-order valence-electron chi connectivity index (χ4n) is 3.51. The highest BCUT2D eigenvalue weighted by molar-refractivity contribution is 7.22. The second kappa shape index (κ2) is 8.69. The molecular formula is C22H23ClN2O3S. The lowest BCUT2D eigenvalue weighted by atomic mass is 10.1. The van der Waals surface area contributed by atoms with Crippen LogP contribution in [0.3, 0.4) is 0 Å². The van der Waals surface area contributed by atoms with Gasteiger partial charge in [-0.15, -0.1) is 0 Å². The standard InChI is InChI=1S/C22H23ClN2O3S/c1-14-10-15(2)21-19(11-14)29-22(24-21)25(12-18-4-3-9-27-18)20(26)13-28-17-7-5-16(23)6-8-17/h5-8,10-11,18H,3-4,9,12-13H2,1-2H3. The molecular weight excluding hydrogens is 408 g/mol. The number of benzene rings is 2. The van der Waals surface area contributed by atoms with Gasteiger partial charge in [0.25, 0.3) is 5.91 Å². The summed E-state index contributed by atoms with van der Waals surface area (Å²) in [5, 5.41) is 1.32. The van der Waals surface area contributed by atoms with Crippen molar-refractivity contribution in [2.24, 2.45) is 0 Å². The molecule has 0 N–H and O–H groups in total. The van der Waals surface area contributed by atoms with Gasteiger partial charge in [-0.2, -0.15) is 0 Å². The molecule has 2 heterocycles. The molecule has 1 aromatic heterocycles. The van der Waals surface area contributed by atoms with Crippen molar-refractivity contribution < 1.29 is 14.3 Å². The van der Waals surface area contributed by atoms with Gasteiger partial charge in [-0.3, -0.25) is 9.69 Å². The van der Waals surface area contributed by atoms with Crippen LogP contribution < -0.4 is 9.64 Å². The summed E-state index contributed by atoms with van der Waals surface area (Å²) in [6.45, 7) is 5.28. The first-order valence-electron chi connectivity index (χ1n) is 9.68. The fraction of sp³-hybridized carbons (Fsp3) is 0.364. The Morgan fingerprint density at radius 1 is 1.31 bits per heavy atom. The lowest BCUT2D eigenvalue weighted by Gasteiger charge is -2.23. The molecule has 1 fully saturated rings. The highest BCUT2D eigenvalue weighted by Gasteiger charge is 2.26. The van der Waals surface area contributed by atoms with Crippen LogP contribution in [0.1, 0.15) is 24.0 Å². The molecule has 2 aromatic carbocycles. The smallest absolute Gasteiger partial charge is 0.266 e. The van der Waals surface area contributed by atoms with Crippen LogP contribution in [-0.4, -0.2) is 36.8 Å². The summed E-state index contributed by atoms with van der Waals surface area (Å²) in [6, 6.07) is 11.2. The highest BCUT2D eigenvalue weighted by atomic mass is 35.5. The number of aromatic nitrogens is 1. The van der Waals surface area contributed by atoms with E-state index in [9.17, 15) is 4.79 Å². The molecule has 1 atom stereocenters. The van der Waals surface area contributed by atoms with E-state index in [4.69, 9.17) is 26.1 Å². The minimum Gasteiger partial charge on any atom is -0.484 e. The third kappa shape index (κ3) is 4.71. The summed E-state index contributed by atoms with van der Waals surface area (Å²) >= 11 is 7.45. The van der Waals surface area contributed by atoms with Crippen LogP contribution in [0.2, 0.25) is 5.02 Å². The Morgan fingerprint density at radius 2 is 2.10 bits per heavy atom. The zero-order valence-electron chi connectivity index (χ0n) is 16.5. The van der Waals surface area contributed by atoms with Crippen molar-refractivity contribution in [3.8, 4) is 5.75 Å². The molecule has 4 rings (SSSR count). The van der Waals surface area contributed by atoms with Crippen molar-refractivity contribution in [1.82, 2.24) is 4.98 Å². The first-order chi connectivity index (χ1) is 14.0. The number of anilines is 1. The van der Waals surface area contributed by atoms with Crippen molar-refractivity contribution in [2.45, 2.75) is 32.8 Å². The molecule has 152 valence electrons. The molecule has 0 bridgehead atoms. The van der Waals surface area contributed by atoms with Gasteiger partial charge in [-0.1, -0.05) is 29.0 Å². The van der Waals surface area contributed by atoms with Crippen LogP contribution in [0.5, 0.6) is 5.75 Å². The number of ether oxygens (including phenoxy) is 2. The first-order valence-corrected chi connectivity index (χ1v) is 10.9. The van der Waals surface area contributed by atoms with E-state index in [1.54, 1.807) is 29.2 Å². The molecule has 0 radical (unpaired) electrons. The van der Waals surface area contributed by atoms with Crippen molar-refractivity contribution >= 4 is 44.2 Å². The zero-order valence-corrected chi connectivity index (χ0v) is 18.1. The van der Waals surface area contributed by atoms with E-state index in [-0.39, 0.29) is 18.6 Å². The Labute approximate surface area is 179 Å². The number of carbonyl (C=O) groups excluding carboxylic acids is 1. The van der Waals surface area contributed by atoms with Crippen LogP contribution in [0.25, 0.3) is 10.2 Å². The van der Waals surface area contributed by atoms with E-state index in [0.717, 1.165) is 35.2 Å². The molecule has 29 heavy (non-hydrogen) atoms. The lowest BCUT2D eigenvalue weighted by Crippen LogP contribution is -2.40. The molecule has 3 aromatic rings. The van der Waals surface area contributed by atoms with E-state index >= 15 is 0 Å². The average Bonchev–Trinajstić information content (AvgIpc) is 3.35. The maximum atomic E-state index is 13.1. The van der Waals surface area contributed by atoms with E-state index in [1.807, 2.05) is 0 Å². The van der Waals surface area contributed by atoms with E-state index in [1.165, 1.54) is 16.9 Å². The summed E-state index contributed by atoms with van der Waals surface area (Å²) in [7, 11) is 0. The summed E-state index contributed by atoms with van der Waals surface area (Å²) < 4.78 is 12.6. The Morgan fingerprint density at radius 3 is 2.83 bits per heavy atom. The number of hydrogen-bond donors (Lipinski definition) is 0. The third-order valence-corrected chi connectivity index (χ3v) is 6.21. The molecule has 1 aliphatic heterocycles. The largest absolute Gasteiger partial charge is 0.484 e. The summed E-state index contributed by atoms with van der Waals surface area (Å²) in [5.41, 5.74) is 3.25. The Kier molecular flexibility index (Phi) is 6.04. The SMILES string of the molecule is Cc1cc(C)c2nc(N(CC3CCCO3)C(=O)COc3ccc(Cl)cc3)sc2c1. The molecule has 0 aliphatic carbocycles. The van der Waals surface area contributed by atoms with Crippen LogP contribution in [0.4, 0.5) is 5.13 Å². The van der Waals surface area contributed by atoms with Gasteiger partial charge in [0, 0.05) is 11.6 Å². The van der Waals surface area contributed by atoms with Crippen LogP contribution in [0, 0.1) is 13.8 Å². The number of thiazole rings is 1. The van der Waals surface area contributed by atoms with Gasteiger partial charge in [-0.25, -0.2) is 4.98 Å². The minimum atomic E-state index is -0.135. The summed E-state index contributed by atoms with van der Waals surface area (Å²) in [5.74, 6) is 0.472. The monoisotopic (exact) mass is 430 g/mol. The number of carbonyl (C=O) groups is 1. The Bertz CT molecular complexity index is 1010. The highest BCUT2D eigenvalue weighted by Crippen LogP contribution is 2.32. The third-order valence-electron chi connectivity index (χ3n) is 4.94. The molecule has 0 saturated carbocycles. The van der Waals surface area contributed by atoms with Gasteiger partial charge >= 0.3 is 0 Å². The summed E-state index contributed by atoms with van der Waals surface area (Å²) in [4.78, 5) is 19.6. The molecule has 5 nitrogen and oxygen atoms in total. The number of hydrogen-bond acceptors (Lipinski definition) is 5. The normalized spacial score (nSPS) is 16.3. The first kappa shape index (κ1) is 20.1. The number of fused-ring (bicyclic) bond motifs is 1. The van der Waals surface area contributed by atoms with E-state index in [2.05, 4.69) is 26.0 Å². The average molecular weight is 431 g/mol. The maximum absolute atomic E-state index is 13.1. The van der Waals surface area contributed by atoms with Crippen LogP contribution >= 0.6 is 22.9 Å². The second-order valence-corrected chi connectivity index (χ2v) is 8.75. The van der Waals surface area contributed by atoms with Crippen molar-refractivity contribution in [2.75, 3.05) is 24.7 Å². The molecule has 1 saturated heterocycles. The van der Waals surface area contributed by atoms with Gasteiger partial charge in [0.1, 0.15) is 5.75 Å². The quantitative estimate of drug-likeness (QED) is 0.542. The number of nitrogens with zero attached hydrogens (tertiary/aromatic N) is 2. The van der Waals surface area contributed by atoms with Gasteiger partial charge < -0.3 is 9.47 Å². The van der Waals surface area contributed by atoms with Crippen molar-refractivity contribution in [3.05, 3.63) is 52.5 Å². The van der Waals surface area contributed by atoms with E-state index in [0.29, 0.717) is 22.4 Å². The van der Waals surface area contributed by atoms with Crippen LogP contribution in [-0.2, 0) is 9.53 Å². The fourth-order valence-corrected chi connectivity index (χ4v) is 4.80. The summed E-state index contributed by atoms with van der Waals surface area (Å²) in [6.07, 6.45) is 2.00. The molecule has 1 amide bonds. The van der Waals surface area contributed by atoms with Crippen molar-refractivity contribution in [3.63, 3.8) is 0 Å². The number of halogens is 1. The zero-order chi connectivity index (χ0) is 20.4. The Balaban J connectivity index is 1.57. The van der Waals surface area contributed by atoms with Crippen LogP contribution in [0.15, 0.2) is 36.4 Å². The number of rotatable bonds is 6.